The van der Waals surface area contributed by atoms with Crippen LogP contribution in [0.1, 0.15) is 36.5 Å². The molecule has 0 spiro atoms. The summed E-state index contributed by atoms with van der Waals surface area (Å²) in [5.41, 5.74) is 9.05. The van der Waals surface area contributed by atoms with Crippen LogP contribution in [-0.2, 0) is 0 Å². The number of aromatic nitrogens is 1. The third kappa shape index (κ3) is 6.38. The van der Waals surface area contributed by atoms with E-state index in [1.807, 2.05) is 43.3 Å². The number of aldehydes is 1. The molecule has 2 aromatic rings. The van der Waals surface area contributed by atoms with Crippen molar-refractivity contribution in [2.45, 2.75) is 27.2 Å². The molecule has 0 saturated heterocycles. The number of benzene rings is 1. The fourth-order valence-corrected chi connectivity index (χ4v) is 2.41. The minimum absolute atomic E-state index is 0.647. The Bertz CT molecular complexity index is 559. The van der Waals surface area contributed by atoms with Gasteiger partial charge in [-0.1, -0.05) is 44.2 Å². The van der Waals surface area contributed by atoms with Gasteiger partial charge in [0, 0.05) is 11.3 Å². The van der Waals surface area contributed by atoms with Crippen molar-refractivity contribution in [1.29, 1.82) is 0 Å². The maximum Gasteiger partial charge on any atom is 0.166 e. The van der Waals surface area contributed by atoms with Gasteiger partial charge in [-0.3, -0.25) is 4.79 Å². The zero-order chi connectivity index (χ0) is 17.1. The maximum absolute atomic E-state index is 10.8. The largest absolute Gasteiger partial charge is 0.356 e. The average molecular weight is 315 g/mol. The highest BCUT2D eigenvalue weighted by Gasteiger charge is 2.06. The third-order valence-electron chi connectivity index (χ3n) is 3.76. The molecule has 0 aliphatic heterocycles. The van der Waals surface area contributed by atoms with Crippen LogP contribution in [0, 0.1) is 6.92 Å². The van der Waals surface area contributed by atoms with E-state index in [0.29, 0.717) is 5.69 Å². The van der Waals surface area contributed by atoms with Crippen molar-refractivity contribution in [1.82, 2.24) is 9.88 Å². The summed E-state index contributed by atoms with van der Waals surface area (Å²) in [6.45, 7) is 10.6. The van der Waals surface area contributed by atoms with Gasteiger partial charge >= 0.3 is 0 Å². The van der Waals surface area contributed by atoms with Gasteiger partial charge in [-0.25, -0.2) is 0 Å². The smallest absolute Gasteiger partial charge is 0.166 e. The number of carbonyl (C=O) groups is 1. The van der Waals surface area contributed by atoms with Crippen molar-refractivity contribution < 1.29 is 4.79 Å². The second-order valence-electron chi connectivity index (χ2n) is 5.43. The van der Waals surface area contributed by atoms with Crippen LogP contribution >= 0.6 is 0 Å². The van der Waals surface area contributed by atoms with Gasteiger partial charge < -0.3 is 15.6 Å². The topological polar surface area (TPSA) is 62.1 Å². The molecular formula is C19H29N3O. The Balaban J connectivity index is 0.000000257. The van der Waals surface area contributed by atoms with Gasteiger partial charge in [-0.05, 0) is 51.2 Å². The maximum atomic E-state index is 10.8. The van der Waals surface area contributed by atoms with Gasteiger partial charge in [0.25, 0.3) is 0 Å². The summed E-state index contributed by atoms with van der Waals surface area (Å²) < 4.78 is 0. The number of nitrogens with two attached hydrogens (primary N) is 1. The highest BCUT2D eigenvalue weighted by molar-refractivity contribution is 5.86. The number of hydrogen-bond donors (Lipinski definition) is 2. The van der Waals surface area contributed by atoms with Crippen molar-refractivity contribution in [3.05, 3.63) is 47.8 Å². The van der Waals surface area contributed by atoms with E-state index in [-0.39, 0.29) is 0 Å². The van der Waals surface area contributed by atoms with Gasteiger partial charge in [0.15, 0.2) is 6.29 Å². The van der Waals surface area contributed by atoms with Crippen LogP contribution in [-0.4, -0.2) is 42.3 Å². The van der Waals surface area contributed by atoms with Crippen LogP contribution in [0.25, 0.3) is 11.1 Å². The molecule has 0 aliphatic carbocycles. The average Bonchev–Trinajstić information content (AvgIpc) is 2.98. The quantitative estimate of drug-likeness (QED) is 0.769. The van der Waals surface area contributed by atoms with E-state index in [9.17, 15) is 4.79 Å². The fraction of sp³-hybridized carbons (Fsp3) is 0.421. The molecule has 126 valence electrons. The molecule has 0 saturated carbocycles. The van der Waals surface area contributed by atoms with Gasteiger partial charge in [0.1, 0.15) is 0 Å². The van der Waals surface area contributed by atoms with Crippen LogP contribution in [0.2, 0.25) is 0 Å². The van der Waals surface area contributed by atoms with Crippen molar-refractivity contribution in [2.24, 2.45) is 5.73 Å². The first kappa shape index (κ1) is 19.1. The summed E-state index contributed by atoms with van der Waals surface area (Å²) in [4.78, 5) is 16.2. The normalized spacial score (nSPS) is 10.3. The molecule has 4 heteroatoms. The van der Waals surface area contributed by atoms with E-state index >= 15 is 0 Å². The molecule has 0 radical (unpaired) electrons. The standard InChI is InChI=1S/C12H11NO.C7H18N2/c1-9-7-11(12(8-14)13-9)10-5-3-2-4-6-10;1-3-9(4-2)7-5-6-8/h2-8,13H,1H3;3-8H2,1-2H3. The highest BCUT2D eigenvalue weighted by Crippen LogP contribution is 2.23. The summed E-state index contributed by atoms with van der Waals surface area (Å²) in [6, 6.07) is 11.9. The van der Waals surface area contributed by atoms with Crippen LogP contribution < -0.4 is 5.73 Å². The lowest BCUT2D eigenvalue weighted by molar-refractivity contribution is 0.112. The Morgan fingerprint density at radius 1 is 1.17 bits per heavy atom. The number of rotatable bonds is 7. The summed E-state index contributed by atoms with van der Waals surface area (Å²) >= 11 is 0. The van der Waals surface area contributed by atoms with E-state index in [1.54, 1.807) is 0 Å². The van der Waals surface area contributed by atoms with E-state index in [0.717, 1.165) is 55.7 Å². The molecule has 1 heterocycles. The molecule has 0 fully saturated rings. The number of aryl methyl sites for hydroxylation is 1. The Morgan fingerprint density at radius 2 is 1.83 bits per heavy atom. The number of nitrogens with one attached hydrogen (secondary N) is 1. The van der Waals surface area contributed by atoms with E-state index < -0.39 is 0 Å². The minimum atomic E-state index is 0.647. The van der Waals surface area contributed by atoms with Gasteiger partial charge in [0.2, 0.25) is 0 Å². The molecule has 1 aromatic carbocycles. The number of nitrogens with zero attached hydrogens (tertiary/aromatic N) is 1. The predicted octanol–water partition coefficient (Wildman–Crippen LogP) is 3.48. The van der Waals surface area contributed by atoms with Crippen LogP contribution in [0.5, 0.6) is 0 Å². The fourth-order valence-electron chi connectivity index (χ4n) is 2.41. The van der Waals surface area contributed by atoms with Crippen LogP contribution in [0.15, 0.2) is 36.4 Å². The Hall–Kier alpha value is -1.91. The van der Waals surface area contributed by atoms with E-state index in [1.165, 1.54) is 0 Å². The molecule has 3 N–H and O–H groups in total. The third-order valence-corrected chi connectivity index (χ3v) is 3.76. The lowest BCUT2D eigenvalue weighted by atomic mass is 10.1. The summed E-state index contributed by atoms with van der Waals surface area (Å²) in [7, 11) is 0. The van der Waals surface area contributed by atoms with Crippen LogP contribution in [0.3, 0.4) is 0 Å². The monoisotopic (exact) mass is 315 g/mol. The molecule has 23 heavy (non-hydrogen) atoms. The molecule has 0 unspecified atom stereocenters. The van der Waals surface area contributed by atoms with E-state index in [4.69, 9.17) is 5.73 Å². The molecule has 1 aromatic heterocycles. The van der Waals surface area contributed by atoms with Gasteiger partial charge in [-0.2, -0.15) is 0 Å². The first-order chi connectivity index (χ1) is 11.2. The molecule has 0 atom stereocenters. The minimum Gasteiger partial charge on any atom is -0.356 e. The Labute approximate surface area is 139 Å². The molecule has 0 bridgehead atoms. The zero-order valence-corrected chi connectivity index (χ0v) is 14.5. The number of carbonyl (C=O) groups excluding carboxylic acids is 1. The molecule has 0 aliphatic rings. The van der Waals surface area contributed by atoms with E-state index in [2.05, 4.69) is 23.7 Å². The lowest BCUT2D eigenvalue weighted by Crippen LogP contribution is -2.25. The van der Waals surface area contributed by atoms with Crippen molar-refractivity contribution in [3.8, 4) is 11.1 Å². The Morgan fingerprint density at radius 3 is 2.35 bits per heavy atom. The summed E-state index contributed by atoms with van der Waals surface area (Å²) in [5, 5.41) is 0. The molecule has 0 amide bonds. The molecule has 4 nitrogen and oxygen atoms in total. The van der Waals surface area contributed by atoms with Crippen LogP contribution in [0.4, 0.5) is 0 Å². The predicted molar refractivity (Wildman–Crippen MR) is 97.8 cm³/mol. The van der Waals surface area contributed by atoms with Crippen molar-refractivity contribution >= 4 is 6.29 Å². The zero-order valence-electron chi connectivity index (χ0n) is 14.5. The first-order valence-electron chi connectivity index (χ1n) is 8.28. The second-order valence-corrected chi connectivity index (χ2v) is 5.43. The first-order valence-corrected chi connectivity index (χ1v) is 8.28. The molecule has 2 rings (SSSR count). The lowest BCUT2D eigenvalue weighted by Gasteiger charge is -2.16. The number of aromatic amines is 1. The summed E-state index contributed by atoms with van der Waals surface area (Å²) in [6.07, 6.45) is 1.98. The SMILES string of the molecule is CCN(CC)CCCN.Cc1cc(-c2ccccc2)c(C=O)[nH]1. The van der Waals surface area contributed by atoms with Gasteiger partial charge in [0.05, 0.1) is 5.69 Å². The number of H-pyrrole nitrogens is 1. The molecular weight excluding hydrogens is 286 g/mol. The van der Waals surface area contributed by atoms with Crippen molar-refractivity contribution in [2.75, 3.05) is 26.2 Å². The highest BCUT2D eigenvalue weighted by atomic mass is 16.1. The summed E-state index contributed by atoms with van der Waals surface area (Å²) in [5.74, 6) is 0. The Kier molecular flexibility index (Phi) is 8.95. The van der Waals surface area contributed by atoms with Crippen molar-refractivity contribution in [3.63, 3.8) is 0 Å². The number of hydrogen-bond acceptors (Lipinski definition) is 3. The van der Waals surface area contributed by atoms with Gasteiger partial charge in [-0.15, -0.1) is 0 Å². The second kappa shape index (κ2) is 10.8.